The fraction of sp³-hybridized carbons (Fsp3) is 0.179. The van der Waals surface area contributed by atoms with Crippen LogP contribution in [0.1, 0.15) is 22.9 Å². The van der Waals surface area contributed by atoms with Crippen molar-refractivity contribution in [2.45, 2.75) is 12.6 Å². The zero-order chi connectivity index (χ0) is 24.4. The molecule has 3 aromatic carbocycles. The summed E-state index contributed by atoms with van der Waals surface area (Å²) in [5.41, 5.74) is 4.66. The van der Waals surface area contributed by atoms with Crippen molar-refractivity contribution < 1.29 is 19.0 Å². The zero-order valence-electron chi connectivity index (χ0n) is 19.9. The summed E-state index contributed by atoms with van der Waals surface area (Å²) in [4.78, 5) is 15.7. The lowest BCUT2D eigenvalue weighted by atomic mass is 10.0. The number of amides is 2. The monoisotopic (exact) mass is 469 g/mol. The molecule has 0 fully saturated rings. The van der Waals surface area contributed by atoms with Gasteiger partial charge in [0.2, 0.25) is 0 Å². The van der Waals surface area contributed by atoms with Gasteiger partial charge >= 0.3 is 6.03 Å². The number of nitrogens with one attached hydrogen (secondary N) is 1. The summed E-state index contributed by atoms with van der Waals surface area (Å²) in [5.74, 6) is 1.94. The molecule has 1 aliphatic rings. The second-order valence-corrected chi connectivity index (χ2v) is 8.23. The third kappa shape index (κ3) is 4.17. The Kier molecular flexibility index (Phi) is 6.06. The average molecular weight is 470 g/mol. The molecule has 0 spiro atoms. The summed E-state index contributed by atoms with van der Waals surface area (Å²) in [7, 11) is 4.81. The molecule has 1 N–H and O–H groups in total. The lowest BCUT2D eigenvalue weighted by Gasteiger charge is -2.31. The SMILES string of the molecule is COc1ccc(C2c3cccn3-c3ccccc3CN2C(=O)Nc2ccc(OC)cc2OC)cc1. The zero-order valence-corrected chi connectivity index (χ0v) is 19.9. The van der Waals surface area contributed by atoms with Gasteiger partial charge in [0.05, 0.1) is 45.3 Å². The van der Waals surface area contributed by atoms with Gasteiger partial charge in [0.15, 0.2) is 0 Å². The molecular formula is C28H27N3O4. The predicted octanol–water partition coefficient (Wildman–Crippen LogP) is 5.64. The van der Waals surface area contributed by atoms with Crippen LogP contribution in [0.2, 0.25) is 0 Å². The minimum absolute atomic E-state index is 0.237. The molecule has 35 heavy (non-hydrogen) atoms. The molecule has 0 radical (unpaired) electrons. The Balaban J connectivity index is 1.60. The molecule has 178 valence electrons. The molecule has 1 unspecified atom stereocenters. The topological polar surface area (TPSA) is 65.0 Å². The van der Waals surface area contributed by atoms with E-state index in [1.54, 1.807) is 39.5 Å². The number of benzene rings is 3. The van der Waals surface area contributed by atoms with E-state index in [-0.39, 0.29) is 12.1 Å². The van der Waals surface area contributed by atoms with E-state index >= 15 is 0 Å². The van der Waals surface area contributed by atoms with E-state index in [0.29, 0.717) is 23.7 Å². The van der Waals surface area contributed by atoms with E-state index in [0.717, 1.165) is 28.3 Å². The molecule has 7 heteroatoms. The fourth-order valence-electron chi connectivity index (χ4n) is 4.57. The number of rotatable bonds is 5. The molecule has 0 saturated carbocycles. The summed E-state index contributed by atoms with van der Waals surface area (Å²) >= 11 is 0. The van der Waals surface area contributed by atoms with Crippen molar-refractivity contribution in [1.29, 1.82) is 0 Å². The van der Waals surface area contributed by atoms with Crippen LogP contribution in [0.25, 0.3) is 5.69 Å². The number of carbonyl (C=O) groups excluding carboxylic acids is 1. The van der Waals surface area contributed by atoms with Crippen LogP contribution in [0.15, 0.2) is 85.1 Å². The third-order valence-corrected chi connectivity index (χ3v) is 6.31. The quantitative estimate of drug-likeness (QED) is 0.411. The van der Waals surface area contributed by atoms with Crippen LogP contribution in [0.4, 0.5) is 10.5 Å². The van der Waals surface area contributed by atoms with Gasteiger partial charge in [0.25, 0.3) is 0 Å². The molecule has 7 nitrogen and oxygen atoms in total. The number of urea groups is 1. The second kappa shape index (κ2) is 9.46. The maximum atomic E-state index is 13.9. The Morgan fingerprint density at radius 2 is 1.60 bits per heavy atom. The molecule has 0 saturated heterocycles. The number of carbonyl (C=O) groups is 1. The van der Waals surface area contributed by atoms with Crippen LogP contribution in [0, 0.1) is 0 Å². The van der Waals surface area contributed by atoms with Gasteiger partial charge in [-0.05, 0) is 53.6 Å². The lowest BCUT2D eigenvalue weighted by Crippen LogP contribution is -2.38. The highest BCUT2D eigenvalue weighted by Gasteiger charge is 2.33. The maximum absolute atomic E-state index is 13.9. The Morgan fingerprint density at radius 1 is 0.857 bits per heavy atom. The van der Waals surface area contributed by atoms with Gasteiger partial charge in [-0.3, -0.25) is 0 Å². The van der Waals surface area contributed by atoms with Crippen LogP contribution in [-0.2, 0) is 6.54 Å². The molecule has 1 atom stereocenters. The van der Waals surface area contributed by atoms with E-state index in [4.69, 9.17) is 14.2 Å². The largest absolute Gasteiger partial charge is 0.497 e. The first-order valence-electron chi connectivity index (χ1n) is 11.3. The van der Waals surface area contributed by atoms with Crippen LogP contribution in [0.3, 0.4) is 0 Å². The van der Waals surface area contributed by atoms with E-state index in [9.17, 15) is 4.79 Å². The van der Waals surface area contributed by atoms with Gasteiger partial charge in [-0.15, -0.1) is 0 Å². The van der Waals surface area contributed by atoms with Gasteiger partial charge in [0, 0.05) is 18.0 Å². The summed E-state index contributed by atoms with van der Waals surface area (Å²) in [5, 5.41) is 3.06. The smallest absolute Gasteiger partial charge is 0.323 e. The molecule has 1 aliphatic heterocycles. The Bertz CT molecular complexity index is 1350. The maximum Gasteiger partial charge on any atom is 0.323 e. The van der Waals surface area contributed by atoms with Crippen LogP contribution >= 0.6 is 0 Å². The van der Waals surface area contributed by atoms with Crippen LogP contribution in [0.5, 0.6) is 17.2 Å². The minimum atomic E-state index is -0.326. The first kappa shape index (κ1) is 22.4. The number of anilines is 1. The summed E-state index contributed by atoms with van der Waals surface area (Å²) < 4.78 is 18.3. The molecule has 0 aliphatic carbocycles. The minimum Gasteiger partial charge on any atom is -0.497 e. The number of para-hydroxylation sites is 1. The molecule has 4 aromatic rings. The number of ether oxygens (including phenoxy) is 3. The van der Waals surface area contributed by atoms with Crippen molar-refractivity contribution in [3.8, 4) is 22.9 Å². The molecule has 1 aromatic heterocycles. The predicted molar refractivity (Wildman–Crippen MR) is 135 cm³/mol. The first-order valence-corrected chi connectivity index (χ1v) is 11.3. The fourth-order valence-corrected chi connectivity index (χ4v) is 4.57. The highest BCUT2D eigenvalue weighted by molar-refractivity contribution is 5.92. The van der Waals surface area contributed by atoms with E-state index in [1.165, 1.54) is 0 Å². The highest BCUT2D eigenvalue weighted by Crippen LogP contribution is 2.38. The molecule has 5 rings (SSSR count). The average Bonchev–Trinajstić information content (AvgIpc) is 3.33. The summed E-state index contributed by atoms with van der Waals surface area (Å²) in [6.07, 6.45) is 2.04. The number of hydrogen-bond donors (Lipinski definition) is 1. The van der Waals surface area contributed by atoms with Gasteiger partial charge in [-0.25, -0.2) is 4.79 Å². The Hall–Kier alpha value is -4.39. The van der Waals surface area contributed by atoms with Crippen molar-refractivity contribution >= 4 is 11.7 Å². The van der Waals surface area contributed by atoms with Crippen LogP contribution < -0.4 is 19.5 Å². The van der Waals surface area contributed by atoms with Crippen molar-refractivity contribution in [2.75, 3.05) is 26.6 Å². The highest BCUT2D eigenvalue weighted by atomic mass is 16.5. The van der Waals surface area contributed by atoms with Crippen molar-refractivity contribution in [3.05, 3.63) is 102 Å². The molecule has 2 amide bonds. The number of hydrogen-bond acceptors (Lipinski definition) is 4. The molecule has 0 bridgehead atoms. The normalized spacial score (nSPS) is 14.4. The van der Waals surface area contributed by atoms with Gasteiger partial charge in [-0.1, -0.05) is 30.3 Å². The summed E-state index contributed by atoms with van der Waals surface area (Å²) in [6, 6.07) is 24.8. The van der Waals surface area contributed by atoms with Crippen molar-refractivity contribution in [3.63, 3.8) is 0 Å². The van der Waals surface area contributed by atoms with Crippen molar-refractivity contribution in [2.24, 2.45) is 0 Å². The van der Waals surface area contributed by atoms with E-state index in [2.05, 4.69) is 28.1 Å². The first-order chi connectivity index (χ1) is 17.1. The van der Waals surface area contributed by atoms with Gasteiger partial charge in [-0.2, -0.15) is 0 Å². The Labute approximate surface area is 204 Å². The van der Waals surface area contributed by atoms with Gasteiger partial charge in [0.1, 0.15) is 17.2 Å². The Morgan fingerprint density at radius 3 is 2.34 bits per heavy atom. The number of nitrogens with zero attached hydrogens (tertiary/aromatic N) is 2. The molecular weight excluding hydrogens is 442 g/mol. The van der Waals surface area contributed by atoms with Gasteiger partial charge < -0.3 is 29.0 Å². The number of fused-ring (bicyclic) bond motifs is 3. The van der Waals surface area contributed by atoms with E-state index < -0.39 is 0 Å². The summed E-state index contributed by atoms with van der Waals surface area (Å²) in [6.45, 7) is 0.429. The molecule has 2 heterocycles. The second-order valence-electron chi connectivity index (χ2n) is 8.23. The standard InChI is InChI=1S/C28H27N3O4/c1-33-21-12-10-19(11-13-21)27-25-9-6-16-30(25)24-8-5-4-7-20(24)18-31(27)28(32)29-23-15-14-22(34-2)17-26(23)35-3/h4-17,27H,18H2,1-3H3,(H,29,32). The van der Waals surface area contributed by atoms with Crippen molar-refractivity contribution in [1.82, 2.24) is 9.47 Å². The third-order valence-electron chi connectivity index (χ3n) is 6.31. The van der Waals surface area contributed by atoms with Crippen LogP contribution in [-0.4, -0.2) is 36.8 Å². The number of aromatic nitrogens is 1. The van der Waals surface area contributed by atoms with E-state index in [1.807, 2.05) is 53.6 Å². The lowest BCUT2D eigenvalue weighted by molar-refractivity contribution is 0.194. The number of methoxy groups -OCH3 is 3.